The number of carbonyl (C=O) groups is 1. The number of rotatable bonds is 6. The van der Waals surface area contributed by atoms with Crippen molar-refractivity contribution in [1.82, 2.24) is 10.3 Å². The summed E-state index contributed by atoms with van der Waals surface area (Å²) < 4.78 is 6.92. The summed E-state index contributed by atoms with van der Waals surface area (Å²) in [6.45, 7) is 8.99. The largest absolute Gasteiger partial charge is 0.441 e. The van der Waals surface area contributed by atoms with Gasteiger partial charge in [0.05, 0.1) is 13.1 Å². The first-order valence-corrected chi connectivity index (χ1v) is 10.6. The van der Waals surface area contributed by atoms with E-state index >= 15 is 0 Å². The van der Waals surface area contributed by atoms with Crippen molar-refractivity contribution in [2.45, 2.75) is 52.6 Å². The number of piperidine rings is 1. The van der Waals surface area contributed by atoms with E-state index in [2.05, 4.69) is 35.1 Å². The normalized spacial score (nSPS) is 21.0. The van der Waals surface area contributed by atoms with Gasteiger partial charge < -0.3 is 14.6 Å². The number of aryl methyl sites for hydroxylation is 1. The second-order valence-corrected chi connectivity index (χ2v) is 8.47. The molecule has 146 valence electrons. The van der Waals surface area contributed by atoms with Gasteiger partial charge in [-0.3, -0.25) is 4.79 Å². The number of nitrogens with zero attached hydrogens (tertiary/aromatic N) is 1. The predicted octanol–water partition coefficient (Wildman–Crippen LogP) is 3.12. The van der Waals surface area contributed by atoms with Gasteiger partial charge in [0.15, 0.2) is 0 Å². The van der Waals surface area contributed by atoms with Crippen LogP contribution in [0.2, 0.25) is 0 Å². The van der Waals surface area contributed by atoms with E-state index in [0.29, 0.717) is 5.89 Å². The fraction of sp³-hybridized carbons (Fsp3) is 0.524. The number of carbonyl (C=O) groups excluding carboxylic acids is 1. The molecule has 3 rings (SSSR count). The van der Waals surface area contributed by atoms with Crippen LogP contribution in [0.5, 0.6) is 0 Å². The topological polar surface area (TPSA) is 59.6 Å². The summed E-state index contributed by atoms with van der Waals surface area (Å²) in [5.41, 5.74) is 2.00. The van der Waals surface area contributed by atoms with Crippen LogP contribution in [-0.2, 0) is 11.3 Å². The van der Waals surface area contributed by atoms with Crippen LogP contribution in [-0.4, -0.2) is 30.0 Å². The number of amides is 1. The Morgan fingerprint density at radius 1 is 1.41 bits per heavy atom. The number of nitrogens with one attached hydrogen (secondary N) is 2. The van der Waals surface area contributed by atoms with Crippen LogP contribution in [0.15, 0.2) is 33.2 Å². The monoisotopic (exact) mass is 434 g/mol. The Labute approximate surface area is 169 Å². The van der Waals surface area contributed by atoms with Crippen LogP contribution in [0, 0.1) is 12.8 Å². The molecule has 1 aliphatic heterocycles. The third-order valence-electron chi connectivity index (χ3n) is 5.45. The molecule has 1 atom stereocenters. The molecule has 0 aliphatic carbocycles. The third-order valence-corrected chi connectivity index (χ3v) is 5.94. The van der Waals surface area contributed by atoms with E-state index in [9.17, 15) is 4.79 Å². The van der Waals surface area contributed by atoms with Crippen molar-refractivity contribution < 1.29 is 14.1 Å². The number of hydrogen-bond donors (Lipinski definition) is 2. The lowest BCUT2D eigenvalue weighted by Crippen LogP contribution is -3.12. The van der Waals surface area contributed by atoms with Gasteiger partial charge in [-0.1, -0.05) is 28.9 Å². The molecule has 1 aromatic carbocycles. The SMILES string of the molecule is CCC(C)NC(=O)C1CC[NH+](Cc2nc(-c3cccc(Br)c3)oc2C)CC1. The molecule has 0 bridgehead atoms. The van der Waals surface area contributed by atoms with Gasteiger partial charge in [0, 0.05) is 34.8 Å². The van der Waals surface area contributed by atoms with E-state index in [4.69, 9.17) is 9.40 Å². The fourth-order valence-corrected chi connectivity index (χ4v) is 3.90. The standard InChI is InChI=1S/C21H28BrN3O2/c1-4-14(2)23-20(26)16-8-10-25(11-9-16)13-19-15(3)27-21(24-19)17-6-5-7-18(22)12-17/h5-7,12,14,16H,4,8-11,13H2,1-3H3,(H,23,26)/p+1. The molecule has 2 heterocycles. The molecule has 1 amide bonds. The van der Waals surface area contributed by atoms with Crippen LogP contribution in [0.4, 0.5) is 0 Å². The summed E-state index contributed by atoms with van der Waals surface area (Å²) in [6.07, 6.45) is 2.85. The van der Waals surface area contributed by atoms with Crippen LogP contribution in [0.25, 0.3) is 11.5 Å². The molecule has 5 nitrogen and oxygen atoms in total. The van der Waals surface area contributed by atoms with Crippen LogP contribution in [0.3, 0.4) is 0 Å². The summed E-state index contributed by atoms with van der Waals surface area (Å²) in [5, 5.41) is 3.12. The van der Waals surface area contributed by atoms with Crippen LogP contribution >= 0.6 is 15.9 Å². The van der Waals surface area contributed by atoms with Crippen LogP contribution in [0.1, 0.15) is 44.6 Å². The molecule has 0 saturated carbocycles. The second-order valence-electron chi connectivity index (χ2n) is 7.55. The zero-order valence-corrected chi connectivity index (χ0v) is 17.9. The van der Waals surface area contributed by atoms with E-state index in [1.807, 2.05) is 31.2 Å². The van der Waals surface area contributed by atoms with Gasteiger partial charge in [0.1, 0.15) is 18.0 Å². The Bertz CT molecular complexity index is 781. The first kappa shape index (κ1) is 20.1. The number of aromatic nitrogens is 1. The number of likely N-dealkylation sites (tertiary alicyclic amines) is 1. The zero-order chi connectivity index (χ0) is 19.4. The average Bonchev–Trinajstić information content (AvgIpc) is 3.02. The number of quaternary nitrogens is 1. The Morgan fingerprint density at radius 2 is 2.15 bits per heavy atom. The van der Waals surface area contributed by atoms with Gasteiger partial charge in [0.25, 0.3) is 0 Å². The lowest BCUT2D eigenvalue weighted by atomic mass is 9.95. The smallest absolute Gasteiger partial charge is 0.226 e. The molecule has 1 unspecified atom stereocenters. The lowest BCUT2D eigenvalue weighted by Gasteiger charge is -2.29. The van der Waals surface area contributed by atoms with Gasteiger partial charge in [-0.15, -0.1) is 0 Å². The maximum absolute atomic E-state index is 12.3. The third kappa shape index (κ3) is 5.20. The van der Waals surface area contributed by atoms with Crippen molar-refractivity contribution >= 4 is 21.8 Å². The molecular weight excluding hydrogens is 406 g/mol. The minimum Gasteiger partial charge on any atom is -0.441 e. The van der Waals surface area contributed by atoms with Crippen LogP contribution < -0.4 is 10.2 Å². The Morgan fingerprint density at radius 3 is 2.81 bits per heavy atom. The maximum Gasteiger partial charge on any atom is 0.226 e. The number of halogens is 1. The van der Waals surface area contributed by atoms with Crippen molar-refractivity contribution in [1.29, 1.82) is 0 Å². The molecule has 27 heavy (non-hydrogen) atoms. The number of hydrogen-bond acceptors (Lipinski definition) is 3. The van der Waals surface area contributed by atoms with Gasteiger partial charge in [-0.05, 0) is 38.5 Å². The highest BCUT2D eigenvalue weighted by atomic mass is 79.9. The van der Waals surface area contributed by atoms with E-state index < -0.39 is 0 Å². The molecule has 6 heteroatoms. The highest BCUT2D eigenvalue weighted by Crippen LogP contribution is 2.24. The Balaban J connectivity index is 1.57. The van der Waals surface area contributed by atoms with Gasteiger partial charge in [0.2, 0.25) is 11.8 Å². The minimum atomic E-state index is 0.151. The zero-order valence-electron chi connectivity index (χ0n) is 16.3. The molecule has 0 spiro atoms. The molecule has 2 N–H and O–H groups in total. The van der Waals surface area contributed by atoms with E-state index in [-0.39, 0.29) is 17.9 Å². The summed E-state index contributed by atoms with van der Waals surface area (Å²) in [4.78, 5) is 18.5. The van der Waals surface area contributed by atoms with Gasteiger partial charge in [-0.25, -0.2) is 4.98 Å². The molecule has 1 aliphatic rings. The highest BCUT2D eigenvalue weighted by Gasteiger charge is 2.29. The minimum absolute atomic E-state index is 0.151. The molecule has 1 aromatic heterocycles. The van der Waals surface area contributed by atoms with Gasteiger partial charge in [-0.2, -0.15) is 0 Å². The molecule has 2 aromatic rings. The molecule has 1 fully saturated rings. The van der Waals surface area contributed by atoms with Crippen molar-refractivity contribution in [2.75, 3.05) is 13.1 Å². The van der Waals surface area contributed by atoms with Crippen molar-refractivity contribution in [3.05, 3.63) is 40.2 Å². The Kier molecular flexibility index (Phi) is 6.71. The predicted molar refractivity (Wildman–Crippen MR) is 109 cm³/mol. The fourth-order valence-electron chi connectivity index (χ4n) is 3.50. The second kappa shape index (κ2) is 9.02. The van der Waals surface area contributed by atoms with E-state index in [1.165, 1.54) is 4.90 Å². The molecule has 1 saturated heterocycles. The number of benzene rings is 1. The summed E-state index contributed by atoms with van der Waals surface area (Å²) in [5.74, 6) is 1.93. The maximum atomic E-state index is 12.3. The summed E-state index contributed by atoms with van der Waals surface area (Å²) >= 11 is 3.49. The average molecular weight is 435 g/mol. The van der Waals surface area contributed by atoms with E-state index in [0.717, 1.165) is 60.4 Å². The lowest BCUT2D eigenvalue weighted by molar-refractivity contribution is -0.919. The first-order valence-electron chi connectivity index (χ1n) is 9.82. The molecular formula is C21H29BrN3O2+. The van der Waals surface area contributed by atoms with Gasteiger partial charge >= 0.3 is 0 Å². The molecule has 0 radical (unpaired) electrons. The van der Waals surface area contributed by atoms with E-state index in [1.54, 1.807) is 0 Å². The summed E-state index contributed by atoms with van der Waals surface area (Å²) in [7, 11) is 0. The van der Waals surface area contributed by atoms with Crippen molar-refractivity contribution in [3.63, 3.8) is 0 Å². The summed E-state index contributed by atoms with van der Waals surface area (Å²) in [6, 6.07) is 8.26. The quantitative estimate of drug-likeness (QED) is 0.733. The number of oxazole rings is 1. The first-order chi connectivity index (χ1) is 13.0. The van der Waals surface area contributed by atoms with Crippen molar-refractivity contribution in [3.8, 4) is 11.5 Å². The van der Waals surface area contributed by atoms with Crippen molar-refractivity contribution in [2.24, 2.45) is 5.92 Å². The Hall–Kier alpha value is -1.66. The highest BCUT2D eigenvalue weighted by molar-refractivity contribution is 9.10.